The Balaban J connectivity index is 1.82. The lowest BCUT2D eigenvalue weighted by atomic mass is 10.0. The van der Waals surface area contributed by atoms with E-state index in [-0.39, 0.29) is 11.7 Å². The van der Waals surface area contributed by atoms with Crippen LogP contribution in [0.5, 0.6) is 0 Å². The second-order valence-corrected chi connectivity index (χ2v) is 5.59. The molecular formula is C13H12Cl2O. The second kappa shape index (κ2) is 3.75. The van der Waals surface area contributed by atoms with Gasteiger partial charge in [-0.25, -0.2) is 0 Å². The van der Waals surface area contributed by atoms with Crippen LogP contribution in [0.4, 0.5) is 0 Å². The van der Waals surface area contributed by atoms with Crippen molar-refractivity contribution < 1.29 is 4.79 Å². The fourth-order valence-electron chi connectivity index (χ4n) is 3.05. The van der Waals surface area contributed by atoms with Crippen molar-refractivity contribution >= 4 is 29.0 Å². The monoisotopic (exact) mass is 254 g/mol. The average molecular weight is 255 g/mol. The average Bonchev–Trinajstić information content (AvgIpc) is 2.74. The highest BCUT2D eigenvalue weighted by Crippen LogP contribution is 2.58. The van der Waals surface area contributed by atoms with Crippen molar-refractivity contribution in [2.75, 3.05) is 0 Å². The quantitative estimate of drug-likeness (QED) is 0.723. The van der Waals surface area contributed by atoms with Crippen molar-refractivity contribution in [3.05, 3.63) is 33.8 Å². The van der Waals surface area contributed by atoms with Crippen molar-refractivity contribution in [2.45, 2.75) is 19.3 Å². The summed E-state index contributed by atoms with van der Waals surface area (Å²) in [4.78, 5) is 12.2. The van der Waals surface area contributed by atoms with E-state index in [2.05, 4.69) is 0 Å². The zero-order valence-electron chi connectivity index (χ0n) is 8.75. The number of carbonyl (C=O) groups excluding carboxylic acids is 1. The number of benzene rings is 1. The van der Waals surface area contributed by atoms with E-state index in [1.807, 2.05) is 0 Å². The third-order valence-corrected chi connectivity index (χ3v) is 4.65. The molecule has 3 rings (SSSR count). The summed E-state index contributed by atoms with van der Waals surface area (Å²) in [6.07, 6.45) is 3.74. The standard InChI is InChI=1S/C13H12Cl2O/c14-10-5-4-7(6-11(10)15)13(16)12-8-2-1-3-9(8)12/h4-6,8-9,12H,1-3H2. The van der Waals surface area contributed by atoms with Gasteiger partial charge in [0, 0.05) is 11.5 Å². The van der Waals surface area contributed by atoms with Crippen LogP contribution in [-0.4, -0.2) is 5.78 Å². The second-order valence-electron chi connectivity index (χ2n) is 4.78. The summed E-state index contributed by atoms with van der Waals surface area (Å²) in [7, 11) is 0. The van der Waals surface area contributed by atoms with Crippen molar-refractivity contribution in [1.82, 2.24) is 0 Å². The molecule has 0 heterocycles. The van der Waals surface area contributed by atoms with Crippen molar-refractivity contribution in [3.63, 3.8) is 0 Å². The van der Waals surface area contributed by atoms with Crippen LogP contribution in [0, 0.1) is 17.8 Å². The van der Waals surface area contributed by atoms with Crippen LogP contribution in [0.1, 0.15) is 29.6 Å². The first-order valence-electron chi connectivity index (χ1n) is 5.68. The summed E-state index contributed by atoms with van der Waals surface area (Å²) >= 11 is 11.8. The van der Waals surface area contributed by atoms with E-state index in [1.54, 1.807) is 18.2 Å². The molecule has 2 aliphatic rings. The summed E-state index contributed by atoms with van der Waals surface area (Å²) in [5.41, 5.74) is 0.716. The van der Waals surface area contributed by atoms with Gasteiger partial charge < -0.3 is 0 Å². The van der Waals surface area contributed by atoms with Gasteiger partial charge in [-0.3, -0.25) is 4.79 Å². The molecule has 1 aromatic rings. The molecule has 0 spiro atoms. The lowest BCUT2D eigenvalue weighted by molar-refractivity contribution is 0.0951. The van der Waals surface area contributed by atoms with Gasteiger partial charge in [-0.15, -0.1) is 0 Å². The Kier molecular flexibility index (Phi) is 2.49. The zero-order valence-corrected chi connectivity index (χ0v) is 10.3. The summed E-state index contributed by atoms with van der Waals surface area (Å²) in [6, 6.07) is 5.18. The maximum atomic E-state index is 12.2. The zero-order chi connectivity index (χ0) is 11.3. The summed E-state index contributed by atoms with van der Waals surface area (Å²) in [5.74, 6) is 1.84. The minimum atomic E-state index is 0.258. The van der Waals surface area contributed by atoms with Crippen LogP contribution in [0.15, 0.2) is 18.2 Å². The summed E-state index contributed by atoms with van der Waals surface area (Å²) in [5, 5.41) is 0.979. The molecule has 2 atom stereocenters. The van der Waals surface area contributed by atoms with E-state index < -0.39 is 0 Å². The molecule has 0 aromatic heterocycles. The smallest absolute Gasteiger partial charge is 0.166 e. The third kappa shape index (κ3) is 1.57. The fourth-order valence-corrected chi connectivity index (χ4v) is 3.35. The lowest BCUT2D eigenvalue weighted by Crippen LogP contribution is -2.06. The van der Waals surface area contributed by atoms with Crippen molar-refractivity contribution in [2.24, 2.45) is 17.8 Å². The van der Waals surface area contributed by atoms with Gasteiger partial charge in [0.05, 0.1) is 10.0 Å². The van der Waals surface area contributed by atoms with Gasteiger partial charge in [-0.05, 0) is 42.9 Å². The van der Waals surface area contributed by atoms with Crippen LogP contribution in [0.25, 0.3) is 0 Å². The van der Waals surface area contributed by atoms with E-state index in [0.717, 1.165) is 0 Å². The first-order valence-corrected chi connectivity index (χ1v) is 6.43. The van der Waals surface area contributed by atoms with E-state index in [1.165, 1.54) is 19.3 Å². The molecule has 84 valence electrons. The Morgan fingerprint density at radius 3 is 2.44 bits per heavy atom. The van der Waals surface area contributed by atoms with Gasteiger partial charge in [0.25, 0.3) is 0 Å². The molecular weight excluding hydrogens is 243 g/mol. The topological polar surface area (TPSA) is 17.1 Å². The van der Waals surface area contributed by atoms with Crippen LogP contribution in [0.3, 0.4) is 0 Å². The predicted octanol–water partition coefficient (Wildman–Crippen LogP) is 4.22. The lowest BCUT2D eigenvalue weighted by Gasteiger charge is -2.04. The molecule has 2 unspecified atom stereocenters. The first kappa shape index (κ1) is 10.6. The number of fused-ring (bicyclic) bond motifs is 1. The van der Waals surface area contributed by atoms with Crippen LogP contribution in [0.2, 0.25) is 10.0 Å². The normalized spacial score (nSPS) is 31.2. The molecule has 2 fully saturated rings. The van der Waals surface area contributed by atoms with E-state index in [9.17, 15) is 4.79 Å². The van der Waals surface area contributed by atoms with Crippen LogP contribution in [-0.2, 0) is 0 Å². The number of Topliss-reactive ketones (excluding diaryl/α,β-unsaturated/α-hetero) is 1. The highest BCUT2D eigenvalue weighted by Gasteiger charge is 2.56. The molecule has 1 aromatic carbocycles. The number of hydrogen-bond acceptors (Lipinski definition) is 1. The molecule has 3 heteroatoms. The molecule has 2 saturated carbocycles. The van der Waals surface area contributed by atoms with Crippen molar-refractivity contribution in [3.8, 4) is 0 Å². The van der Waals surface area contributed by atoms with Gasteiger partial charge in [0.1, 0.15) is 0 Å². The molecule has 16 heavy (non-hydrogen) atoms. The minimum absolute atomic E-state index is 0.258. The molecule has 2 aliphatic carbocycles. The maximum absolute atomic E-state index is 12.2. The van der Waals surface area contributed by atoms with Gasteiger partial charge in [0.15, 0.2) is 5.78 Å². The van der Waals surface area contributed by atoms with Crippen molar-refractivity contribution in [1.29, 1.82) is 0 Å². The number of rotatable bonds is 2. The largest absolute Gasteiger partial charge is 0.294 e. The van der Waals surface area contributed by atoms with E-state index >= 15 is 0 Å². The van der Waals surface area contributed by atoms with Gasteiger partial charge in [-0.2, -0.15) is 0 Å². The van der Waals surface area contributed by atoms with Gasteiger partial charge in [0.2, 0.25) is 0 Å². The highest BCUT2D eigenvalue weighted by molar-refractivity contribution is 6.42. The first-order chi connectivity index (χ1) is 7.68. The molecule has 0 radical (unpaired) electrons. The highest BCUT2D eigenvalue weighted by atomic mass is 35.5. The molecule has 0 saturated heterocycles. The van der Waals surface area contributed by atoms with E-state index in [0.29, 0.717) is 27.4 Å². The molecule has 0 N–H and O–H groups in total. The number of ketones is 1. The Bertz CT molecular complexity index is 445. The third-order valence-electron chi connectivity index (χ3n) is 3.91. The van der Waals surface area contributed by atoms with Crippen LogP contribution < -0.4 is 0 Å². The van der Waals surface area contributed by atoms with E-state index in [4.69, 9.17) is 23.2 Å². The molecule has 0 aliphatic heterocycles. The minimum Gasteiger partial charge on any atom is -0.294 e. The Hall–Kier alpha value is -0.530. The maximum Gasteiger partial charge on any atom is 0.166 e. The Morgan fingerprint density at radius 1 is 1.12 bits per heavy atom. The molecule has 0 bridgehead atoms. The molecule has 1 nitrogen and oxygen atoms in total. The molecule has 0 amide bonds. The van der Waals surface area contributed by atoms with Gasteiger partial charge in [-0.1, -0.05) is 29.6 Å². The van der Waals surface area contributed by atoms with Gasteiger partial charge >= 0.3 is 0 Å². The Morgan fingerprint density at radius 2 is 1.81 bits per heavy atom. The summed E-state index contributed by atoms with van der Waals surface area (Å²) < 4.78 is 0. The Labute approximate surface area is 105 Å². The number of halogens is 2. The SMILES string of the molecule is O=C(c1ccc(Cl)c(Cl)c1)C1C2CCCC21. The number of hydrogen-bond donors (Lipinski definition) is 0. The summed E-state index contributed by atoms with van der Waals surface area (Å²) in [6.45, 7) is 0. The number of carbonyl (C=O) groups is 1. The fraction of sp³-hybridized carbons (Fsp3) is 0.462. The van der Waals surface area contributed by atoms with Crippen LogP contribution >= 0.6 is 23.2 Å². The predicted molar refractivity (Wildman–Crippen MR) is 65.1 cm³/mol.